The molecule has 0 aromatic carbocycles. The van der Waals surface area contributed by atoms with E-state index in [1.807, 2.05) is 11.8 Å². The van der Waals surface area contributed by atoms with E-state index in [-0.39, 0.29) is 6.67 Å². The molecular weight excluding hydrogens is 161 g/mol. The van der Waals surface area contributed by atoms with Gasteiger partial charge in [0.2, 0.25) is 0 Å². The fourth-order valence-corrected chi connectivity index (χ4v) is 2.57. The fraction of sp³-hybridized carbons (Fsp3) is 1.00. The van der Waals surface area contributed by atoms with E-state index in [9.17, 15) is 4.39 Å². The van der Waals surface area contributed by atoms with Crippen LogP contribution in [0.15, 0.2) is 0 Å². The van der Waals surface area contributed by atoms with Crippen LogP contribution in [0.25, 0.3) is 0 Å². The molecule has 3 heteroatoms. The molecular formula is C8H16FNS. The van der Waals surface area contributed by atoms with Gasteiger partial charge in [0, 0.05) is 18.3 Å². The highest BCUT2D eigenvalue weighted by Crippen LogP contribution is 2.23. The number of hydrogen-bond donors (Lipinski definition) is 1. The largest absolute Gasteiger partial charge is 0.313 e. The van der Waals surface area contributed by atoms with Crippen molar-refractivity contribution in [2.75, 3.05) is 25.5 Å². The summed E-state index contributed by atoms with van der Waals surface area (Å²) < 4.78 is 11.7. The monoisotopic (exact) mass is 177 g/mol. The average Bonchev–Trinajstić information content (AvgIpc) is 2.07. The van der Waals surface area contributed by atoms with E-state index >= 15 is 0 Å². The number of rotatable bonds is 4. The topological polar surface area (TPSA) is 12.0 Å². The van der Waals surface area contributed by atoms with Gasteiger partial charge in [0.1, 0.15) is 6.67 Å². The highest BCUT2D eigenvalue weighted by atomic mass is 32.2. The maximum absolute atomic E-state index is 11.7. The van der Waals surface area contributed by atoms with Gasteiger partial charge in [0.15, 0.2) is 0 Å². The summed E-state index contributed by atoms with van der Waals surface area (Å²) in [4.78, 5) is 0. The second-order valence-corrected chi connectivity index (χ2v) is 4.29. The molecule has 1 nitrogen and oxygen atoms in total. The number of alkyl halides is 1. The Labute approximate surface area is 72.1 Å². The quantitative estimate of drug-likeness (QED) is 0.657. The van der Waals surface area contributed by atoms with Crippen LogP contribution in [-0.2, 0) is 0 Å². The number of nitrogens with one attached hydrogen (secondary N) is 1. The van der Waals surface area contributed by atoms with Crippen molar-refractivity contribution in [1.29, 1.82) is 0 Å². The molecule has 0 aliphatic carbocycles. The molecule has 0 amide bonds. The van der Waals surface area contributed by atoms with Gasteiger partial charge in [-0.15, -0.1) is 0 Å². The van der Waals surface area contributed by atoms with Crippen molar-refractivity contribution in [3.63, 3.8) is 0 Å². The molecule has 1 fully saturated rings. The summed E-state index contributed by atoms with van der Waals surface area (Å²) in [5.41, 5.74) is 0. The average molecular weight is 177 g/mol. The molecule has 1 heterocycles. The van der Waals surface area contributed by atoms with Crippen LogP contribution in [0, 0.1) is 0 Å². The van der Waals surface area contributed by atoms with E-state index < -0.39 is 0 Å². The third-order valence-corrected chi connectivity index (χ3v) is 3.32. The lowest BCUT2D eigenvalue weighted by molar-refractivity contribution is 0.463. The van der Waals surface area contributed by atoms with Gasteiger partial charge in [-0.1, -0.05) is 6.42 Å². The first-order valence-electron chi connectivity index (χ1n) is 4.32. The van der Waals surface area contributed by atoms with Crippen LogP contribution < -0.4 is 5.32 Å². The molecule has 66 valence electrons. The first kappa shape index (κ1) is 9.33. The Balaban J connectivity index is 1.96. The zero-order valence-corrected chi connectivity index (χ0v) is 7.63. The van der Waals surface area contributed by atoms with Crippen LogP contribution in [0.1, 0.15) is 19.3 Å². The molecule has 1 aliphatic heterocycles. The standard InChI is InChI=1S/C8H16FNS/c9-4-5-10-7-8-3-1-2-6-11-8/h8,10H,1-7H2. The SMILES string of the molecule is FCCNCC1CCCCS1. The molecule has 0 aromatic rings. The van der Waals surface area contributed by atoms with E-state index in [0.29, 0.717) is 6.54 Å². The van der Waals surface area contributed by atoms with Crippen LogP contribution in [0.2, 0.25) is 0 Å². The number of halogens is 1. The Kier molecular flexibility index (Phi) is 4.95. The van der Waals surface area contributed by atoms with Crippen molar-refractivity contribution < 1.29 is 4.39 Å². The Morgan fingerprint density at radius 2 is 2.36 bits per heavy atom. The Bertz CT molecular complexity index is 94.1. The molecule has 1 N–H and O–H groups in total. The van der Waals surface area contributed by atoms with Gasteiger partial charge >= 0.3 is 0 Å². The smallest absolute Gasteiger partial charge is 0.102 e. The van der Waals surface area contributed by atoms with Crippen LogP contribution in [0.3, 0.4) is 0 Å². The Hall–Kier alpha value is 0.240. The van der Waals surface area contributed by atoms with Crippen molar-refractivity contribution in [2.45, 2.75) is 24.5 Å². The highest BCUT2D eigenvalue weighted by Gasteiger charge is 2.12. The first-order chi connectivity index (χ1) is 5.43. The van der Waals surface area contributed by atoms with Crippen LogP contribution >= 0.6 is 11.8 Å². The third-order valence-electron chi connectivity index (χ3n) is 1.92. The van der Waals surface area contributed by atoms with Gasteiger partial charge in [-0.05, 0) is 18.6 Å². The molecule has 1 unspecified atom stereocenters. The third kappa shape index (κ3) is 3.97. The minimum absolute atomic E-state index is 0.239. The van der Waals surface area contributed by atoms with Crippen molar-refractivity contribution in [1.82, 2.24) is 5.32 Å². The molecule has 0 radical (unpaired) electrons. The van der Waals surface area contributed by atoms with Gasteiger partial charge in [-0.3, -0.25) is 0 Å². The lowest BCUT2D eigenvalue weighted by Gasteiger charge is -2.21. The molecule has 1 saturated heterocycles. The molecule has 0 spiro atoms. The van der Waals surface area contributed by atoms with Crippen LogP contribution in [0.5, 0.6) is 0 Å². The molecule has 0 bridgehead atoms. The molecule has 0 saturated carbocycles. The van der Waals surface area contributed by atoms with Gasteiger partial charge in [-0.25, -0.2) is 4.39 Å². The molecule has 0 aromatic heterocycles. The Morgan fingerprint density at radius 1 is 1.45 bits per heavy atom. The first-order valence-corrected chi connectivity index (χ1v) is 5.36. The lowest BCUT2D eigenvalue weighted by Crippen LogP contribution is -2.28. The second-order valence-electron chi connectivity index (χ2n) is 2.88. The summed E-state index contributed by atoms with van der Waals surface area (Å²) in [6.45, 7) is 1.28. The van der Waals surface area contributed by atoms with Crippen molar-refractivity contribution >= 4 is 11.8 Å². The van der Waals surface area contributed by atoms with E-state index in [0.717, 1.165) is 11.8 Å². The summed E-state index contributed by atoms with van der Waals surface area (Å²) >= 11 is 2.03. The number of hydrogen-bond acceptors (Lipinski definition) is 2. The van der Waals surface area contributed by atoms with E-state index in [2.05, 4.69) is 5.32 Å². The maximum Gasteiger partial charge on any atom is 0.102 e. The van der Waals surface area contributed by atoms with E-state index in [1.54, 1.807) is 0 Å². The predicted molar refractivity (Wildman–Crippen MR) is 48.9 cm³/mol. The maximum atomic E-state index is 11.7. The minimum Gasteiger partial charge on any atom is -0.313 e. The second kappa shape index (κ2) is 5.84. The zero-order valence-electron chi connectivity index (χ0n) is 6.81. The van der Waals surface area contributed by atoms with Crippen molar-refractivity contribution in [3.8, 4) is 0 Å². The summed E-state index contributed by atoms with van der Waals surface area (Å²) in [6, 6.07) is 0. The van der Waals surface area contributed by atoms with E-state index in [1.165, 1.54) is 25.0 Å². The Morgan fingerprint density at radius 3 is 3.00 bits per heavy atom. The normalized spacial score (nSPS) is 25.4. The summed E-state index contributed by atoms with van der Waals surface area (Å²) in [7, 11) is 0. The zero-order chi connectivity index (χ0) is 7.94. The molecule has 1 atom stereocenters. The lowest BCUT2D eigenvalue weighted by atomic mass is 10.2. The van der Waals surface area contributed by atoms with Crippen LogP contribution in [-0.4, -0.2) is 30.8 Å². The van der Waals surface area contributed by atoms with Gasteiger partial charge in [0.05, 0.1) is 0 Å². The highest BCUT2D eigenvalue weighted by molar-refractivity contribution is 7.99. The molecule has 11 heavy (non-hydrogen) atoms. The minimum atomic E-state index is -0.239. The molecule has 1 rings (SSSR count). The fourth-order valence-electron chi connectivity index (χ4n) is 1.30. The van der Waals surface area contributed by atoms with Crippen molar-refractivity contribution in [3.05, 3.63) is 0 Å². The summed E-state index contributed by atoms with van der Waals surface area (Å²) in [6.07, 6.45) is 4.03. The number of thioether (sulfide) groups is 1. The predicted octanol–water partition coefficient (Wildman–Crippen LogP) is 1.83. The summed E-state index contributed by atoms with van der Waals surface area (Å²) in [5.74, 6) is 1.29. The van der Waals surface area contributed by atoms with E-state index in [4.69, 9.17) is 0 Å². The summed E-state index contributed by atoms with van der Waals surface area (Å²) in [5, 5.41) is 3.85. The van der Waals surface area contributed by atoms with Gasteiger partial charge < -0.3 is 5.32 Å². The van der Waals surface area contributed by atoms with Crippen LogP contribution in [0.4, 0.5) is 4.39 Å². The van der Waals surface area contributed by atoms with Gasteiger partial charge in [0.25, 0.3) is 0 Å². The van der Waals surface area contributed by atoms with Gasteiger partial charge in [-0.2, -0.15) is 11.8 Å². The van der Waals surface area contributed by atoms with Crippen molar-refractivity contribution in [2.24, 2.45) is 0 Å². The molecule has 1 aliphatic rings.